The Morgan fingerprint density at radius 2 is 1.96 bits per heavy atom. The smallest absolute Gasteiger partial charge is 0.277 e. The fourth-order valence-electron chi connectivity index (χ4n) is 2.41. The van der Waals surface area contributed by atoms with Crippen LogP contribution in [0, 0.1) is 13.8 Å². The highest BCUT2D eigenvalue weighted by atomic mass is 79.9. The molecule has 0 saturated carbocycles. The summed E-state index contributed by atoms with van der Waals surface area (Å²) in [6, 6.07) is 11.2. The van der Waals surface area contributed by atoms with E-state index >= 15 is 0 Å². The molecule has 3 aromatic rings. The molecule has 3 rings (SSSR count). The maximum absolute atomic E-state index is 12.4. The molecule has 0 amide bonds. The first-order valence-corrected chi connectivity index (χ1v) is 10.3. The maximum atomic E-state index is 12.4. The lowest BCUT2D eigenvalue weighted by Crippen LogP contribution is -2.02. The van der Waals surface area contributed by atoms with E-state index in [1.807, 2.05) is 32.0 Å². The summed E-state index contributed by atoms with van der Waals surface area (Å²) >= 11 is 4.58. The molecular formula is C20H19BrN2O4S. The maximum Gasteiger partial charge on any atom is 0.277 e. The van der Waals surface area contributed by atoms with Crippen molar-refractivity contribution in [1.29, 1.82) is 0 Å². The third kappa shape index (κ3) is 5.14. The second-order valence-corrected chi connectivity index (χ2v) is 7.86. The third-order valence-electron chi connectivity index (χ3n) is 3.94. The molecule has 1 heterocycles. The average Bonchev–Trinajstić information content (AvgIpc) is 3.14. The number of carbonyl (C=O) groups is 1. The van der Waals surface area contributed by atoms with Crippen molar-refractivity contribution in [2.45, 2.75) is 25.7 Å². The Morgan fingerprint density at radius 3 is 2.71 bits per heavy atom. The summed E-state index contributed by atoms with van der Waals surface area (Å²) in [6.45, 7) is 4.16. The van der Waals surface area contributed by atoms with Crippen molar-refractivity contribution in [2.24, 2.45) is 0 Å². The fourth-order valence-corrected chi connectivity index (χ4v) is 3.62. The lowest BCUT2D eigenvalue weighted by atomic mass is 10.1. The quantitative estimate of drug-likeness (QED) is 0.343. The van der Waals surface area contributed by atoms with E-state index in [9.17, 15) is 4.79 Å². The van der Waals surface area contributed by atoms with Crippen LogP contribution in [0.1, 0.15) is 27.4 Å². The number of aromatic nitrogens is 2. The zero-order valence-corrected chi connectivity index (χ0v) is 18.1. The largest absolute Gasteiger partial charge is 0.496 e. The molecule has 6 nitrogen and oxygen atoms in total. The first-order chi connectivity index (χ1) is 13.5. The third-order valence-corrected chi connectivity index (χ3v) is 5.38. The lowest BCUT2D eigenvalue weighted by molar-refractivity contribution is 0.102. The van der Waals surface area contributed by atoms with Crippen LogP contribution in [0.4, 0.5) is 0 Å². The van der Waals surface area contributed by atoms with Crippen LogP contribution in [0.15, 0.2) is 50.5 Å². The number of ether oxygens (including phenoxy) is 2. The number of halogens is 1. The summed E-state index contributed by atoms with van der Waals surface area (Å²) < 4.78 is 17.2. The van der Waals surface area contributed by atoms with Crippen LogP contribution < -0.4 is 9.47 Å². The van der Waals surface area contributed by atoms with Gasteiger partial charge in [0.2, 0.25) is 0 Å². The predicted octanol–water partition coefficient (Wildman–Crippen LogP) is 5.01. The van der Waals surface area contributed by atoms with E-state index in [1.54, 1.807) is 25.3 Å². The molecule has 146 valence electrons. The Balaban J connectivity index is 1.55. The molecular weight excluding hydrogens is 444 g/mol. The lowest BCUT2D eigenvalue weighted by Gasteiger charge is -2.07. The molecule has 0 aliphatic heterocycles. The van der Waals surface area contributed by atoms with Gasteiger partial charge in [-0.1, -0.05) is 23.9 Å². The van der Waals surface area contributed by atoms with Crippen molar-refractivity contribution in [2.75, 3.05) is 12.9 Å². The number of hydrogen-bond acceptors (Lipinski definition) is 7. The van der Waals surface area contributed by atoms with E-state index in [-0.39, 0.29) is 18.1 Å². The van der Waals surface area contributed by atoms with E-state index in [0.717, 1.165) is 21.3 Å². The minimum absolute atomic E-state index is 0.0419. The molecule has 0 atom stereocenters. The van der Waals surface area contributed by atoms with Gasteiger partial charge in [0.05, 0.1) is 17.3 Å². The van der Waals surface area contributed by atoms with Crippen molar-refractivity contribution in [3.8, 4) is 11.5 Å². The summed E-state index contributed by atoms with van der Waals surface area (Å²) in [4.78, 5) is 12.4. The van der Waals surface area contributed by atoms with Gasteiger partial charge in [0.25, 0.3) is 11.1 Å². The van der Waals surface area contributed by atoms with Crippen LogP contribution in [0.2, 0.25) is 0 Å². The van der Waals surface area contributed by atoms with Crippen LogP contribution in [0.3, 0.4) is 0 Å². The van der Waals surface area contributed by atoms with Gasteiger partial charge in [0, 0.05) is 5.56 Å². The summed E-state index contributed by atoms with van der Waals surface area (Å²) in [5, 5.41) is 8.27. The molecule has 0 fully saturated rings. The topological polar surface area (TPSA) is 74.5 Å². The number of thioether (sulfide) groups is 1. The van der Waals surface area contributed by atoms with Crippen LogP contribution in [0.5, 0.6) is 11.5 Å². The number of benzene rings is 2. The van der Waals surface area contributed by atoms with Crippen molar-refractivity contribution < 1.29 is 18.7 Å². The number of ketones is 1. The first kappa shape index (κ1) is 20.4. The second-order valence-electron chi connectivity index (χ2n) is 6.08. The van der Waals surface area contributed by atoms with E-state index in [1.165, 1.54) is 11.8 Å². The van der Waals surface area contributed by atoms with E-state index in [0.29, 0.717) is 22.4 Å². The van der Waals surface area contributed by atoms with Crippen LogP contribution in [-0.4, -0.2) is 28.8 Å². The van der Waals surface area contributed by atoms with Crippen LogP contribution >= 0.6 is 27.7 Å². The summed E-state index contributed by atoms with van der Waals surface area (Å²) in [7, 11) is 1.58. The number of methoxy groups -OCH3 is 1. The Morgan fingerprint density at radius 1 is 1.14 bits per heavy atom. The molecule has 0 unspecified atom stereocenters. The van der Waals surface area contributed by atoms with Gasteiger partial charge in [0.1, 0.15) is 11.5 Å². The number of rotatable bonds is 8. The highest BCUT2D eigenvalue weighted by Gasteiger charge is 2.13. The van der Waals surface area contributed by atoms with Crippen molar-refractivity contribution in [3.05, 3.63) is 63.5 Å². The summed E-state index contributed by atoms with van der Waals surface area (Å²) in [5.74, 6) is 1.98. The number of nitrogens with zero attached hydrogens (tertiary/aromatic N) is 2. The van der Waals surface area contributed by atoms with E-state index < -0.39 is 0 Å². The van der Waals surface area contributed by atoms with Crippen LogP contribution in [0.25, 0.3) is 0 Å². The number of hydrogen-bond donors (Lipinski definition) is 0. The van der Waals surface area contributed by atoms with E-state index in [2.05, 4.69) is 26.1 Å². The van der Waals surface area contributed by atoms with Crippen LogP contribution in [-0.2, 0) is 6.61 Å². The van der Waals surface area contributed by atoms with Gasteiger partial charge >= 0.3 is 0 Å². The molecule has 28 heavy (non-hydrogen) atoms. The standard InChI is InChI=1S/C20H19BrN2O4S/c1-12-4-5-13(2)18(8-12)26-10-19-22-23-20(27-19)28-11-16(24)14-6-7-17(25-3)15(21)9-14/h4-9H,10-11H2,1-3H3. The second kappa shape index (κ2) is 9.25. The fraction of sp³-hybridized carbons (Fsp3) is 0.250. The van der Waals surface area contributed by atoms with Crippen molar-refractivity contribution in [3.63, 3.8) is 0 Å². The number of Topliss-reactive ketones (excluding diaryl/α,β-unsaturated/α-hetero) is 1. The number of aryl methyl sites for hydroxylation is 2. The predicted molar refractivity (Wildman–Crippen MR) is 110 cm³/mol. The monoisotopic (exact) mass is 462 g/mol. The van der Waals surface area contributed by atoms with Gasteiger partial charge in [-0.15, -0.1) is 10.2 Å². The molecule has 0 N–H and O–H groups in total. The SMILES string of the molecule is COc1ccc(C(=O)CSc2nnc(COc3cc(C)ccc3C)o2)cc1Br. The highest BCUT2D eigenvalue weighted by molar-refractivity contribution is 9.10. The van der Waals surface area contributed by atoms with Gasteiger partial charge in [0.15, 0.2) is 12.4 Å². The van der Waals surface area contributed by atoms with Crippen molar-refractivity contribution in [1.82, 2.24) is 10.2 Å². The summed E-state index contributed by atoms with van der Waals surface area (Å²) in [6.07, 6.45) is 0. The molecule has 0 spiro atoms. The zero-order chi connectivity index (χ0) is 20.1. The molecule has 0 aliphatic rings. The Bertz CT molecular complexity index is 990. The minimum Gasteiger partial charge on any atom is -0.496 e. The van der Waals surface area contributed by atoms with Gasteiger partial charge in [-0.25, -0.2) is 0 Å². The summed E-state index contributed by atoms with van der Waals surface area (Å²) in [5.41, 5.74) is 2.74. The normalized spacial score (nSPS) is 10.7. The van der Waals surface area contributed by atoms with Gasteiger partial charge < -0.3 is 13.9 Å². The van der Waals surface area contributed by atoms with Gasteiger partial charge in [-0.05, 0) is 65.2 Å². The van der Waals surface area contributed by atoms with Gasteiger partial charge in [-0.3, -0.25) is 4.79 Å². The molecule has 0 radical (unpaired) electrons. The minimum atomic E-state index is -0.0419. The Kier molecular flexibility index (Phi) is 6.74. The highest BCUT2D eigenvalue weighted by Crippen LogP contribution is 2.27. The number of carbonyl (C=O) groups excluding carboxylic acids is 1. The van der Waals surface area contributed by atoms with Gasteiger partial charge in [-0.2, -0.15) is 0 Å². The Labute approximate surface area is 175 Å². The molecule has 0 bridgehead atoms. The average molecular weight is 463 g/mol. The zero-order valence-electron chi connectivity index (χ0n) is 15.7. The Hall–Kier alpha value is -2.32. The molecule has 1 aromatic heterocycles. The van der Waals surface area contributed by atoms with E-state index in [4.69, 9.17) is 13.9 Å². The molecule has 2 aromatic carbocycles. The molecule has 0 aliphatic carbocycles. The first-order valence-electron chi connectivity index (χ1n) is 8.48. The molecule has 8 heteroatoms. The molecule has 0 saturated heterocycles. The van der Waals surface area contributed by atoms with Crippen molar-refractivity contribution >= 4 is 33.5 Å².